The number of sulfonamides is 1. The predicted octanol–water partition coefficient (Wildman–Crippen LogP) is -0.0240. The summed E-state index contributed by atoms with van der Waals surface area (Å²) in [4.78, 5) is 0. The van der Waals surface area contributed by atoms with Crippen molar-refractivity contribution in [1.29, 1.82) is 0 Å². The highest BCUT2D eigenvalue weighted by molar-refractivity contribution is 7.89. The second-order valence-corrected chi connectivity index (χ2v) is 6.15. The molecule has 6 nitrogen and oxygen atoms in total. The first kappa shape index (κ1) is 10.6. The summed E-state index contributed by atoms with van der Waals surface area (Å²) < 4.78 is 23.7. The van der Waals surface area contributed by atoms with Crippen LogP contribution < -0.4 is 5.14 Å². The molecule has 0 aromatic carbocycles. The van der Waals surface area contributed by atoms with E-state index in [0.29, 0.717) is 5.82 Å². The van der Waals surface area contributed by atoms with E-state index in [9.17, 15) is 8.42 Å². The molecule has 1 aliphatic carbocycles. The summed E-state index contributed by atoms with van der Waals surface area (Å²) in [5, 5.41) is 12.3. The van der Waals surface area contributed by atoms with E-state index in [2.05, 4.69) is 24.0 Å². The van der Waals surface area contributed by atoms with Crippen LogP contribution in [0.2, 0.25) is 0 Å². The van der Waals surface area contributed by atoms with Gasteiger partial charge in [-0.25, -0.2) is 13.6 Å². The molecule has 15 heavy (non-hydrogen) atoms. The number of primary sulfonamides is 1. The van der Waals surface area contributed by atoms with E-state index in [-0.39, 0.29) is 16.5 Å². The zero-order valence-electron chi connectivity index (χ0n) is 8.93. The summed E-state index contributed by atoms with van der Waals surface area (Å²) in [6.45, 7) is 4.23. The van der Waals surface area contributed by atoms with Gasteiger partial charge in [0.15, 0.2) is 0 Å². The third-order valence-electron chi connectivity index (χ3n) is 2.95. The fourth-order valence-corrected chi connectivity index (χ4v) is 2.42. The SMILES string of the molecule is Cn1c(C2CC2(C)C)nnc1S(N)(=O)=O. The summed E-state index contributed by atoms with van der Waals surface area (Å²) in [6.07, 6.45) is 1.00. The standard InChI is InChI=1S/C8H14N4O2S/c1-8(2)4-5(8)6-10-11-7(12(6)3)15(9,13)14/h5H,4H2,1-3H3,(H2,9,13,14). The Morgan fingerprint density at radius 1 is 1.47 bits per heavy atom. The lowest BCUT2D eigenvalue weighted by Crippen LogP contribution is -2.17. The zero-order valence-corrected chi connectivity index (χ0v) is 9.74. The predicted molar refractivity (Wildman–Crippen MR) is 53.5 cm³/mol. The molecule has 1 saturated carbocycles. The Kier molecular flexibility index (Phi) is 1.97. The Labute approximate surface area is 88.5 Å². The van der Waals surface area contributed by atoms with Crippen LogP contribution >= 0.6 is 0 Å². The maximum atomic E-state index is 11.1. The van der Waals surface area contributed by atoms with Gasteiger partial charge in [0.05, 0.1) is 0 Å². The Hall–Kier alpha value is -0.950. The van der Waals surface area contributed by atoms with Crippen molar-refractivity contribution in [3.8, 4) is 0 Å². The van der Waals surface area contributed by atoms with Crippen LogP contribution in [0.5, 0.6) is 0 Å². The van der Waals surface area contributed by atoms with Crippen molar-refractivity contribution >= 4 is 10.0 Å². The van der Waals surface area contributed by atoms with E-state index in [1.165, 1.54) is 4.57 Å². The fraction of sp³-hybridized carbons (Fsp3) is 0.750. The van der Waals surface area contributed by atoms with E-state index < -0.39 is 10.0 Å². The first-order chi connectivity index (χ1) is 6.73. The van der Waals surface area contributed by atoms with E-state index in [0.717, 1.165) is 6.42 Å². The lowest BCUT2D eigenvalue weighted by atomic mass is 10.1. The molecular weight excluding hydrogens is 216 g/mol. The second kappa shape index (κ2) is 2.79. The van der Waals surface area contributed by atoms with Crippen molar-refractivity contribution in [1.82, 2.24) is 14.8 Å². The number of hydrogen-bond acceptors (Lipinski definition) is 4. The van der Waals surface area contributed by atoms with Gasteiger partial charge in [0, 0.05) is 13.0 Å². The molecule has 0 bridgehead atoms. The summed E-state index contributed by atoms with van der Waals surface area (Å²) in [5.41, 5.74) is 0.191. The third kappa shape index (κ3) is 1.65. The van der Waals surface area contributed by atoms with Gasteiger partial charge in [-0.1, -0.05) is 13.8 Å². The Balaban J connectivity index is 2.42. The highest BCUT2D eigenvalue weighted by atomic mass is 32.2. The zero-order chi connectivity index (χ0) is 11.4. The lowest BCUT2D eigenvalue weighted by Gasteiger charge is -2.03. The Bertz CT molecular complexity index is 503. The molecule has 2 rings (SSSR count). The first-order valence-electron chi connectivity index (χ1n) is 4.65. The van der Waals surface area contributed by atoms with Crippen LogP contribution in [0.1, 0.15) is 32.0 Å². The van der Waals surface area contributed by atoms with Crippen molar-refractivity contribution in [2.24, 2.45) is 17.6 Å². The van der Waals surface area contributed by atoms with E-state index >= 15 is 0 Å². The fourth-order valence-electron chi connectivity index (χ4n) is 1.79. The van der Waals surface area contributed by atoms with Crippen molar-refractivity contribution in [3.63, 3.8) is 0 Å². The Morgan fingerprint density at radius 2 is 2.00 bits per heavy atom. The highest BCUT2D eigenvalue weighted by Crippen LogP contribution is 2.57. The minimum absolute atomic E-state index is 0.166. The molecule has 1 atom stereocenters. The largest absolute Gasteiger partial charge is 0.304 e. The first-order valence-corrected chi connectivity index (χ1v) is 6.20. The molecule has 0 amide bonds. The van der Waals surface area contributed by atoms with Gasteiger partial charge in [-0.2, -0.15) is 0 Å². The molecule has 0 aliphatic heterocycles. The van der Waals surface area contributed by atoms with Gasteiger partial charge in [-0.15, -0.1) is 10.2 Å². The molecule has 0 radical (unpaired) electrons. The minimum atomic E-state index is -3.77. The maximum Gasteiger partial charge on any atom is 0.273 e. The molecule has 1 aliphatic rings. The average molecular weight is 230 g/mol. The average Bonchev–Trinajstić information content (AvgIpc) is 2.52. The molecule has 0 spiro atoms. The summed E-state index contributed by atoms with van der Waals surface area (Å²) in [5.74, 6) is 0.981. The normalized spacial score (nSPS) is 24.1. The van der Waals surface area contributed by atoms with Gasteiger partial charge in [0.25, 0.3) is 15.2 Å². The molecule has 7 heteroatoms. The molecular formula is C8H14N4O2S. The van der Waals surface area contributed by atoms with Gasteiger partial charge in [0.2, 0.25) is 0 Å². The van der Waals surface area contributed by atoms with Crippen molar-refractivity contribution < 1.29 is 8.42 Å². The molecule has 1 heterocycles. The molecule has 1 fully saturated rings. The minimum Gasteiger partial charge on any atom is -0.304 e. The summed E-state index contributed by atoms with van der Waals surface area (Å²) in [6, 6.07) is 0. The summed E-state index contributed by atoms with van der Waals surface area (Å²) in [7, 11) is -2.14. The van der Waals surface area contributed by atoms with E-state index in [1.54, 1.807) is 7.05 Å². The topological polar surface area (TPSA) is 90.9 Å². The van der Waals surface area contributed by atoms with Crippen LogP contribution in [0, 0.1) is 5.41 Å². The number of nitrogens with zero attached hydrogens (tertiary/aromatic N) is 3. The van der Waals surface area contributed by atoms with Gasteiger partial charge >= 0.3 is 0 Å². The van der Waals surface area contributed by atoms with Crippen molar-refractivity contribution in [3.05, 3.63) is 5.82 Å². The van der Waals surface area contributed by atoms with Gasteiger partial charge in [-0.05, 0) is 11.8 Å². The lowest BCUT2D eigenvalue weighted by molar-refractivity contribution is 0.569. The van der Waals surface area contributed by atoms with Crippen LogP contribution in [-0.4, -0.2) is 23.2 Å². The molecule has 1 aromatic rings. The van der Waals surface area contributed by atoms with Crippen molar-refractivity contribution in [2.45, 2.75) is 31.3 Å². The van der Waals surface area contributed by atoms with Gasteiger partial charge in [-0.3, -0.25) is 0 Å². The second-order valence-electron chi connectivity index (χ2n) is 4.69. The maximum absolute atomic E-state index is 11.1. The van der Waals surface area contributed by atoms with Crippen LogP contribution in [0.4, 0.5) is 0 Å². The number of hydrogen-bond donors (Lipinski definition) is 1. The van der Waals surface area contributed by atoms with Crippen LogP contribution in [-0.2, 0) is 17.1 Å². The molecule has 2 N–H and O–H groups in total. The van der Waals surface area contributed by atoms with Gasteiger partial charge < -0.3 is 4.57 Å². The van der Waals surface area contributed by atoms with Crippen LogP contribution in [0.15, 0.2) is 5.16 Å². The van der Waals surface area contributed by atoms with E-state index in [1.807, 2.05) is 0 Å². The van der Waals surface area contributed by atoms with E-state index in [4.69, 9.17) is 5.14 Å². The monoisotopic (exact) mass is 230 g/mol. The smallest absolute Gasteiger partial charge is 0.273 e. The number of nitrogens with two attached hydrogens (primary N) is 1. The van der Waals surface area contributed by atoms with Crippen LogP contribution in [0.3, 0.4) is 0 Å². The van der Waals surface area contributed by atoms with Crippen LogP contribution in [0.25, 0.3) is 0 Å². The summed E-state index contributed by atoms with van der Waals surface area (Å²) >= 11 is 0. The van der Waals surface area contributed by atoms with Crippen molar-refractivity contribution in [2.75, 3.05) is 0 Å². The quantitative estimate of drug-likeness (QED) is 0.772. The third-order valence-corrected chi connectivity index (χ3v) is 3.81. The number of rotatable bonds is 2. The molecule has 0 saturated heterocycles. The molecule has 84 valence electrons. The molecule has 1 unspecified atom stereocenters. The highest BCUT2D eigenvalue weighted by Gasteiger charge is 2.49. The van der Waals surface area contributed by atoms with Gasteiger partial charge in [0.1, 0.15) is 5.82 Å². The number of aromatic nitrogens is 3. The molecule has 1 aromatic heterocycles. The Morgan fingerprint density at radius 3 is 2.33 bits per heavy atom.